The Hall–Kier alpha value is -2.99. The first-order chi connectivity index (χ1) is 14.2. The second-order valence-electron chi connectivity index (χ2n) is 7.23. The Balaban J connectivity index is 1.55. The fourth-order valence-electron chi connectivity index (χ4n) is 3.77. The number of benzene rings is 2. The molecular weight excluding hydrogens is 368 g/mol. The van der Waals surface area contributed by atoms with Crippen LogP contribution in [0.5, 0.6) is 11.5 Å². The van der Waals surface area contributed by atoms with E-state index in [9.17, 15) is 4.79 Å². The summed E-state index contributed by atoms with van der Waals surface area (Å²) < 4.78 is 16.6. The molecular formula is C23H26N2O4. The standard InChI is InChI=1S/C23H26N2O4/c1-27-18-13-21(28-2)23-19(26)15-20(29-22(23)14-18)16-5-7-17(8-6-16)24-9-12-25-10-3-4-11-25/h5-8,13-15,24H,3-4,9-12H2,1-2H3. The van der Waals surface area contributed by atoms with E-state index in [4.69, 9.17) is 13.9 Å². The molecule has 6 heteroatoms. The van der Waals surface area contributed by atoms with Gasteiger partial charge in [0, 0.05) is 42.5 Å². The Labute approximate surface area is 170 Å². The molecule has 0 radical (unpaired) electrons. The molecule has 1 fully saturated rings. The van der Waals surface area contributed by atoms with Crippen LogP contribution in [0.1, 0.15) is 12.8 Å². The van der Waals surface area contributed by atoms with Crippen molar-refractivity contribution < 1.29 is 13.9 Å². The van der Waals surface area contributed by atoms with Crippen molar-refractivity contribution in [3.8, 4) is 22.8 Å². The average molecular weight is 394 g/mol. The Morgan fingerprint density at radius 1 is 1.03 bits per heavy atom. The van der Waals surface area contributed by atoms with E-state index < -0.39 is 0 Å². The van der Waals surface area contributed by atoms with Gasteiger partial charge in [0.1, 0.15) is 28.2 Å². The summed E-state index contributed by atoms with van der Waals surface area (Å²) in [5.74, 6) is 1.53. The maximum atomic E-state index is 12.7. The molecule has 3 aromatic rings. The number of nitrogens with zero attached hydrogens (tertiary/aromatic N) is 1. The summed E-state index contributed by atoms with van der Waals surface area (Å²) in [6, 6.07) is 12.8. The van der Waals surface area contributed by atoms with Gasteiger partial charge in [-0.15, -0.1) is 0 Å². The van der Waals surface area contributed by atoms with Gasteiger partial charge in [-0.25, -0.2) is 0 Å². The normalized spacial score (nSPS) is 14.3. The maximum absolute atomic E-state index is 12.7. The van der Waals surface area contributed by atoms with E-state index in [-0.39, 0.29) is 5.43 Å². The fourth-order valence-corrected chi connectivity index (χ4v) is 3.77. The van der Waals surface area contributed by atoms with Crippen LogP contribution in [-0.4, -0.2) is 45.3 Å². The molecule has 0 aliphatic carbocycles. The second kappa shape index (κ2) is 8.57. The topological polar surface area (TPSA) is 63.9 Å². The summed E-state index contributed by atoms with van der Waals surface area (Å²) in [5.41, 5.74) is 2.19. The van der Waals surface area contributed by atoms with Gasteiger partial charge >= 0.3 is 0 Å². The van der Waals surface area contributed by atoms with Crippen LogP contribution >= 0.6 is 0 Å². The van der Waals surface area contributed by atoms with Gasteiger partial charge in [-0.05, 0) is 50.2 Å². The molecule has 0 unspecified atom stereocenters. The highest BCUT2D eigenvalue weighted by molar-refractivity contribution is 5.86. The van der Waals surface area contributed by atoms with Crippen molar-refractivity contribution in [1.82, 2.24) is 4.90 Å². The number of hydrogen-bond donors (Lipinski definition) is 1. The van der Waals surface area contributed by atoms with Gasteiger partial charge < -0.3 is 24.1 Å². The van der Waals surface area contributed by atoms with E-state index in [0.717, 1.165) is 24.3 Å². The van der Waals surface area contributed by atoms with Crippen molar-refractivity contribution in [3.05, 3.63) is 52.7 Å². The van der Waals surface area contributed by atoms with Gasteiger partial charge in [0.15, 0.2) is 5.43 Å². The molecule has 0 spiro atoms. The predicted molar refractivity (Wildman–Crippen MR) is 115 cm³/mol. The highest BCUT2D eigenvalue weighted by Crippen LogP contribution is 2.31. The number of hydrogen-bond acceptors (Lipinski definition) is 6. The van der Waals surface area contributed by atoms with Gasteiger partial charge in [-0.1, -0.05) is 0 Å². The minimum atomic E-state index is -0.145. The molecule has 6 nitrogen and oxygen atoms in total. The Kier molecular flexibility index (Phi) is 5.71. The van der Waals surface area contributed by atoms with Crippen molar-refractivity contribution in [1.29, 1.82) is 0 Å². The Morgan fingerprint density at radius 3 is 2.48 bits per heavy atom. The summed E-state index contributed by atoms with van der Waals surface area (Å²) in [6.45, 7) is 4.39. The van der Waals surface area contributed by atoms with Crippen LogP contribution in [0, 0.1) is 0 Å². The molecule has 2 heterocycles. The smallest absolute Gasteiger partial charge is 0.197 e. The van der Waals surface area contributed by atoms with Crippen molar-refractivity contribution >= 4 is 16.7 Å². The summed E-state index contributed by atoms with van der Waals surface area (Å²) in [7, 11) is 3.09. The molecule has 0 bridgehead atoms. The number of anilines is 1. The quantitative estimate of drug-likeness (QED) is 0.654. The van der Waals surface area contributed by atoms with E-state index in [0.29, 0.717) is 28.2 Å². The number of fused-ring (bicyclic) bond motifs is 1. The van der Waals surface area contributed by atoms with Crippen LogP contribution in [0.3, 0.4) is 0 Å². The van der Waals surface area contributed by atoms with E-state index >= 15 is 0 Å². The Bertz CT molecular complexity index is 1040. The van der Waals surface area contributed by atoms with Crippen LogP contribution in [0.2, 0.25) is 0 Å². The van der Waals surface area contributed by atoms with E-state index in [1.54, 1.807) is 19.2 Å². The SMILES string of the molecule is COc1cc(OC)c2c(=O)cc(-c3ccc(NCCN4CCCC4)cc3)oc2c1. The molecule has 0 amide bonds. The molecule has 1 saturated heterocycles. The number of rotatable bonds is 7. The fraction of sp³-hybridized carbons (Fsp3) is 0.348. The molecule has 0 saturated carbocycles. The average Bonchev–Trinajstić information content (AvgIpc) is 3.26. The van der Waals surface area contributed by atoms with Gasteiger partial charge in [-0.2, -0.15) is 0 Å². The molecule has 29 heavy (non-hydrogen) atoms. The zero-order valence-corrected chi connectivity index (χ0v) is 16.9. The van der Waals surface area contributed by atoms with Crippen LogP contribution in [0.25, 0.3) is 22.3 Å². The minimum Gasteiger partial charge on any atom is -0.496 e. The molecule has 1 aliphatic rings. The zero-order valence-electron chi connectivity index (χ0n) is 16.9. The first kappa shape index (κ1) is 19.3. The number of methoxy groups -OCH3 is 2. The van der Waals surface area contributed by atoms with Crippen molar-refractivity contribution in [3.63, 3.8) is 0 Å². The van der Waals surface area contributed by atoms with Crippen LogP contribution in [-0.2, 0) is 0 Å². The molecule has 4 rings (SSSR count). The van der Waals surface area contributed by atoms with Gasteiger partial charge in [0.05, 0.1) is 14.2 Å². The third-order valence-electron chi connectivity index (χ3n) is 5.35. The zero-order chi connectivity index (χ0) is 20.2. The molecule has 1 N–H and O–H groups in total. The number of nitrogens with one attached hydrogen (secondary N) is 1. The largest absolute Gasteiger partial charge is 0.496 e. The van der Waals surface area contributed by atoms with Crippen molar-refractivity contribution in [2.75, 3.05) is 45.7 Å². The molecule has 0 atom stereocenters. The molecule has 2 aromatic carbocycles. The van der Waals surface area contributed by atoms with Gasteiger partial charge in [-0.3, -0.25) is 4.79 Å². The van der Waals surface area contributed by atoms with E-state index in [2.05, 4.69) is 10.2 Å². The van der Waals surface area contributed by atoms with Crippen LogP contribution in [0.4, 0.5) is 5.69 Å². The maximum Gasteiger partial charge on any atom is 0.197 e. The molecule has 1 aromatic heterocycles. The molecule has 1 aliphatic heterocycles. The van der Waals surface area contributed by atoms with E-state index in [1.807, 2.05) is 24.3 Å². The lowest BCUT2D eigenvalue weighted by atomic mass is 10.1. The third-order valence-corrected chi connectivity index (χ3v) is 5.35. The van der Waals surface area contributed by atoms with Crippen LogP contribution < -0.4 is 20.2 Å². The van der Waals surface area contributed by atoms with Gasteiger partial charge in [0.2, 0.25) is 0 Å². The lowest BCUT2D eigenvalue weighted by Gasteiger charge is -2.15. The number of likely N-dealkylation sites (tertiary alicyclic amines) is 1. The summed E-state index contributed by atoms with van der Waals surface area (Å²) in [6.07, 6.45) is 2.62. The lowest BCUT2D eigenvalue weighted by Crippen LogP contribution is -2.25. The van der Waals surface area contributed by atoms with Crippen molar-refractivity contribution in [2.45, 2.75) is 12.8 Å². The van der Waals surface area contributed by atoms with E-state index in [1.165, 1.54) is 39.1 Å². The Morgan fingerprint density at radius 2 is 1.79 bits per heavy atom. The first-order valence-electron chi connectivity index (χ1n) is 9.94. The van der Waals surface area contributed by atoms with Crippen molar-refractivity contribution in [2.24, 2.45) is 0 Å². The van der Waals surface area contributed by atoms with Gasteiger partial charge in [0.25, 0.3) is 0 Å². The molecule has 152 valence electrons. The van der Waals surface area contributed by atoms with Crippen LogP contribution in [0.15, 0.2) is 51.7 Å². The summed E-state index contributed by atoms with van der Waals surface area (Å²) >= 11 is 0. The third kappa shape index (κ3) is 4.22. The minimum absolute atomic E-state index is 0.145. The monoisotopic (exact) mass is 394 g/mol. The second-order valence-corrected chi connectivity index (χ2v) is 7.23. The highest BCUT2D eigenvalue weighted by atomic mass is 16.5. The predicted octanol–water partition coefficient (Wildman–Crippen LogP) is 3.98. The lowest BCUT2D eigenvalue weighted by molar-refractivity contribution is 0.352. The highest BCUT2D eigenvalue weighted by Gasteiger charge is 2.14. The summed E-state index contributed by atoms with van der Waals surface area (Å²) in [5, 5.41) is 3.87. The summed E-state index contributed by atoms with van der Waals surface area (Å²) in [4.78, 5) is 15.2. The first-order valence-corrected chi connectivity index (χ1v) is 9.94. The number of ether oxygens (including phenoxy) is 2.